The zero-order chi connectivity index (χ0) is 29.5. The Morgan fingerprint density at radius 1 is 1.07 bits per heavy atom. The highest BCUT2D eigenvalue weighted by atomic mass is 79.9. The first-order valence-corrected chi connectivity index (χ1v) is 14.9. The predicted molar refractivity (Wildman–Crippen MR) is 174 cm³/mol. The van der Waals surface area contributed by atoms with Gasteiger partial charge in [0.15, 0.2) is 16.6 Å². The number of anilines is 2. The number of hydrogen-bond donors (Lipinski definition) is 2. The number of ether oxygens (including phenoxy) is 2. The van der Waals surface area contributed by atoms with Crippen LogP contribution >= 0.6 is 38.9 Å². The fourth-order valence-electron chi connectivity index (χ4n) is 4.05. The van der Waals surface area contributed by atoms with Crippen molar-refractivity contribution < 1.29 is 14.3 Å². The summed E-state index contributed by atoms with van der Waals surface area (Å²) in [6.07, 6.45) is 1.55. The fraction of sp³-hybridized carbons (Fsp3) is 0.0938. The van der Waals surface area contributed by atoms with E-state index in [2.05, 4.69) is 42.8 Å². The van der Waals surface area contributed by atoms with Gasteiger partial charge in [-0.15, -0.1) is 11.3 Å². The van der Waals surface area contributed by atoms with E-state index in [4.69, 9.17) is 21.1 Å². The number of methoxy groups -OCH3 is 1. The van der Waals surface area contributed by atoms with Crippen LogP contribution in [0.2, 0.25) is 5.02 Å². The van der Waals surface area contributed by atoms with Crippen LogP contribution in [0.3, 0.4) is 0 Å². The molecule has 5 rings (SSSR count). The fourth-order valence-corrected chi connectivity index (χ4v) is 5.49. The molecule has 0 atom stereocenters. The van der Waals surface area contributed by atoms with Crippen molar-refractivity contribution in [2.45, 2.75) is 13.5 Å². The molecule has 0 saturated carbocycles. The smallest absolute Gasteiger partial charge is 0.271 e. The summed E-state index contributed by atoms with van der Waals surface area (Å²) >= 11 is 11.0. The van der Waals surface area contributed by atoms with Crippen LogP contribution in [0.1, 0.15) is 27.0 Å². The molecule has 0 fully saturated rings. The Labute approximate surface area is 261 Å². The molecule has 212 valence electrons. The van der Waals surface area contributed by atoms with E-state index in [0.29, 0.717) is 33.2 Å². The Balaban J connectivity index is 1.18. The van der Waals surface area contributed by atoms with Gasteiger partial charge >= 0.3 is 0 Å². The molecular weight excluding hydrogens is 636 g/mol. The van der Waals surface area contributed by atoms with Gasteiger partial charge in [0, 0.05) is 27.2 Å². The molecule has 1 heterocycles. The van der Waals surface area contributed by atoms with Crippen LogP contribution in [0, 0.1) is 6.92 Å². The number of aromatic nitrogens is 1. The highest BCUT2D eigenvalue weighted by Gasteiger charge is 2.12. The van der Waals surface area contributed by atoms with Crippen molar-refractivity contribution in [1.29, 1.82) is 0 Å². The lowest BCUT2D eigenvalue weighted by atomic mass is 10.1. The number of carbonyl (C=O) groups is 1. The number of rotatable bonds is 10. The third kappa shape index (κ3) is 7.55. The first-order chi connectivity index (χ1) is 20.4. The zero-order valence-electron chi connectivity index (χ0n) is 22.7. The highest BCUT2D eigenvalue weighted by molar-refractivity contribution is 9.10. The molecule has 10 heteroatoms. The molecule has 1 amide bonds. The first-order valence-electron chi connectivity index (χ1n) is 12.9. The Kier molecular flexibility index (Phi) is 9.53. The van der Waals surface area contributed by atoms with Crippen LogP contribution in [-0.2, 0) is 6.61 Å². The van der Waals surface area contributed by atoms with Crippen LogP contribution < -0.4 is 20.2 Å². The van der Waals surface area contributed by atoms with Gasteiger partial charge in [-0.3, -0.25) is 4.79 Å². The largest absolute Gasteiger partial charge is 0.493 e. The molecule has 0 saturated heterocycles. The number of aryl methyl sites for hydroxylation is 1. The second kappa shape index (κ2) is 13.7. The lowest BCUT2D eigenvalue weighted by Gasteiger charge is -2.14. The van der Waals surface area contributed by atoms with Gasteiger partial charge in [0.05, 0.1) is 23.5 Å². The second-order valence-electron chi connectivity index (χ2n) is 9.26. The van der Waals surface area contributed by atoms with Crippen molar-refractivity contribution in [3.63, 3.8) is 0 Å². The molecule has 7 nitrogen and oxygen atoms in total. The molecule has 5 aromatic rings. The van der Waals surface area contributed by atoms with Gasteiger partial charge in [-0.1, -0.05) is 53.6 Å². The Hall–Kier alpha value is -4.18. The standard InChI is InChI=1S/C32H26BrClN4O3S/c1-20-4-3-5-21(14-20)18-41-30-27(33)15-22(16-29(30)40-2)17-35-38-31(39)24-8-6-23(7-9-24)28-19-42-32(37-28)36-26-12-10-25(34)11-13-26/h3-17,19H,18H2,1-2H3,(H,36,37)(H,38,39)/b35-17-. The van der Waals surface area contributed by atoms with Crippen molar-refractivity contribution in [2.75, 3.05) is 12.4 Å². The number of benzene rings is 4. The molecular formula is C32H26BrClN4O3S. The van der Waals surface area contributed by atoms with Crippen LogP contribution in [0.5, 0.6) is 11.5 Å². The van der Waals surface area contributed by atoms with Crippen LogP contribution in [0.25, 0.3) is 11.3 Å². The van der Waals surface area contributed by atoms with Crippen molar-refractivity contribution in [3.05, 3.63) is 122 Å². The van der Waals surface area contributed by atoms with E-state index in [-0.39, 0.29) is 5.91 Å². The van der Waals surface area contributed by atoms with E-state index in [1.165, 1.54) is 16.9 Å². The minimum atomic E-state index is -0.328. The maximum absolute atomic E-state index is 12.7. The Bertz CT molecular complexity index is 1720. The summed E-state index contributed by atoms with van der Waals surface area (Å²) in [6, 6.07) is 26.4. The summed E-state index contributed by atoms with van der Waals surface area (Å²) in [7, 11) is 1.58. The SMILES string of the molecule is COc1cc(/C=N\NC(=O)c2ccc(-c3csc(Nc4ccc(Cl)cc4)n3)cc2)cc(Br)c1OCc1cccc(C)c1. The van der Waals surface area contributed by atoms with Gasteiger partial charge in [-0.2, -0.15) is 5.10 Å². The van der Waals surface area contributed by atoms with Gasteiger partial charge in [0.25, 0.3) is 5.91 Å². The molecule has 0 aliphatic rings. The minimum Gasteiger partial charge on any atom is -0.493 e. The topological polar surface area (TPSA) is 84.8 Å². The Morgan fingerprint density at radius 3 is 2.60 bits per heavy atom. The maximum atomic E-state index is 12.7. The number of hydrogen-bond acceptors (Lipinski definition) is 7. The average Bonchev–Trinajstić information content (AvgIpc) is 3.46. The second-order valence-corrected chi connectivity index (χ2v) is 11.4. The van der Waals surface area contributed by atoms with Crippen molar-refractivity contribution in [1.82, 2.24) is 10.4 Å². The van der Waals surface area contributed by atoms with E-state index < -0.39 is 0 Å². The number of hydrazone groups is 1. The molecule has 0 aliphatic carbocycles. The predicted octanol–water partition coefficient (Wildman–Crippen LogP) is 8.63. The highest BCUT2D eigenvalue weighted by Crippen LogP contribution is 2.37. The summed E-state index contributed by atoms with van der Waals surface area (Å²) in [4.78, 5) is 17.3. The number of amides is 1. The summed E-state index contributed by atoms with van der Waals surface area (Å²) < 4.78 is 12.3. The van der Waals surface area contributed by atoms with E-state index in [9.17, 15) is 4.79 Å². The molecule has 0 aliphatic heterocycles. The van der Waals surface area contributed by atoms with Crippen molar-refractivity contribution in [3.8, 4) is 22.8 Å². The first kappa shape index (κ1) is 29.3. The number of halogens is 2. The van der Waals surface area contributed by atoms with Gasteiger partial charge in [0.2, 0.25) is 0 Å². The van der Waals surface area contributed by atoms with Gasteiger partial charge in [-0.25, -0.2) is 10.4 Å². The maximum Gasteiger partial charge on any atom is 0.271 e. The van der Waals surface area contributed by atoms with Crippen molar-refractivity contribution in [2.24, 2.45) is 5.10 Å². The summed E-state index contributed by atoms with van der Waals surface area (Å²) in [5.41, 5.74) is 8.63. The van der Waals surface area contributed by atoms with Crippen LogP contribution in [0.15, 0.2) is 99.9 Å². The van der Waals surface area contributed by atoms with Crippen LogP contribution in [0.4, 0.5) is 10.8 Å². The number of carbonyl (C=O) groups excluding carboxylic acids is 1. The number of nitrogens with zero attached hydrogens (tertiary/aromatic N) is 2. The summed E-state index contributed by atoms with van der Waals surface area (Å²) in [5, 5.41) is 10.8. The lowest BCUT2D eigenvalue weighted by Crippen LogP contribution is -2.17. The third-order valence-electron chi connectivity index (χ3n) is 6.14. The minimum absolute atomic E-state index is 0.328. The number of thiazole rings is 1. The zero-order valence-corrected chi connectivity index (χ0v) is 25.9. The van der Waals surface area contributed by atoms with Crippen molar-refractivity contribution >= 4 is 61.8 Å². The molecule has 2 N–H and O–H groups in total. The normalized spacial score (nSPS) is 11.0. The van der Waals surface area contributed by atoms with Crippen LogP contribution in [-0.4, -0.2) is 24.2 Å². The molecule has 0 unspecified atom stereocenters. The quantitative estimate of drug-likeness (QED) is 0.116. The molecule has 42 heavy (non-hydrogen) atoms. The third-order valence-corrected chi connectivity index (χ3v) is 7.74. The average molecular weight is 662 g/mol. The van der Waals surface area contributed by atoms with Gasteiger partial charge in [-0.05, 0) is 82.5 Å². The summed E-state index contributed by atoms with van der Waals surface area (Å²) in [6.45, 7) is 2.45. The number of nitrogens with one attached hydrogen (secondary N) is 2. The molecule has 1 aromatic heterocycles. The molecule has 0 radical (unpaired) electrons. The molecule has 4 aromatic carbocycles. The van der Waals surface area contributed by atoms with E-state index in [1.54, 1.807) is 31.5 Å². The Morgan fingerprint density at radius 2 is 1.86 bits per heavy atom. The van der Waals surface area contributed by atoms with E-state index in [1.807, 2.05) is 73.0 Å². The van der Waals surface area contributed by atoms with Gasteiger partial charge < -0.3 is 14.8 Å². The van der Waals surface area contributed by atoms with E-state index in [0.717, 1.165) is 33.2 Å². The van der Waals surface area contributed by atoms with E-state index >= 15 is 0 Å². The monoisotopic (exact) mass is 660 g/mol. The molecule has 0 bridgehead atoms. The molecule has 0 spiro atoms. The lowest BCUT2D eigenvalue weighted by molar-refractivity contribution is 0.0955. The summed E-state index contributed by atoms with van der Waals surface area (Å²) in [5.74, 6) is 0.813. The van der Waals surface area contributed by atoms with Gasteiger partial charge in [0.1, 0.15) is 6.61 Å².